The number of rotatable bonds is 4. The Hall–Kier alpha value is -3.15. The highest BCUT2D eigenvalue weighted by Gasteiger charge is 2.22. The van der Waals surface area contributed by atoms with E-state index >= 15 is 0 Å². The van der Waals surface area contributed by atoms with E-state index in [1.807, 2.05) is 6.92 Å². The van der Waals surface area contributed by atoms with E-state index in [0.717, 1.165) is 11.6 Å². The van der Waals surface area contributed by atoms with Gasteiger partial charge in [-0.1, -0.05) is 35.9 Å². The third kappa shape index (κ3) is 3.38. The molecule has 0 aliphatic rings. The highest BCUT2D eigenvalue weighted by atomic mass is 19.1. The number of halogens is 2. The molecular formula is C19H14F2N2O2. The van der Waals surface area contributed by atoms with Crippen molar-refractivity contribution in [1.29, 1.82) is 0 Å². The molecule has 2 aromatic carbocycles. The summed E-state index contributed by atoms with van der Waals surface area (Å²) in [7, 11) is 0. The number of carbonyl (C=O) groups excluding carboxylic acids is 1. The van der Waals surface area contributed by atoms with Crippen LogP contribution in [0.15, 0.2) is 53.5 Å². The zero-order chi connectivity index (χ0) is 18.0. The summed E-state index contributed by atoms with van der Waals surface area (Å²) in [4.78, 5) is 24.2. The predicted octanol–water partition coefficient (Wildman–Crippen LogP) is 3.18. The van der Waals surface area contributed by atoms with Gasteiger partial charge in [0.05, 0.1) is 5.56 Å². The van der Waals surface area contributed by atoms with Gasteiger partial charge in [0.1, 0.15) is 11.6 Å². The fourth-order valence-corrected chi connectivity index (χ4v) is 2.50. The van der Waals surface area contributed by atoms with Crippen molar-refractivity contribution in [1.82, 2.24) is 10.2 Å². The van der Waals surface area contributed by atoms with Crippen molar-refractivity contribution in [3.05, 3.63) is 98.5 Å². The van der Waals surface area contributed by atoms with Crippen LogP contribution in [0.5, 0.6) is 0 Å². The van der Waals surface area contributed by atoms with E-state index in [1.165, 1.54) is 30.5 Å². The van der Waals surface area contributed by atoms with E-state index in [4.69, 9.17) is 0 Å². The average molecular weight is 340 g/mol. The third-order valence-electron chi connectivity index (χ3n) is 3.90. The van der Waals surface area contributed by atoms with Crippen LogP contribution in [-0.4, -0.2) is 16.0 Å². The second kappa shape index (κ2) is 6.76. The Bertz CT molecular complexity index is 995. The van der Waals surface area contributed by atoms with Gasteiger partial charge >= 0.3 is 0 Å². The van der Waals surface area contributed by atoms with Gasteiger partial charge < -0.3 is 0 Å². The number of carbonyl (C=O) groups is 1. The fraction of sp³-hybridized carbons (Fsp3) is 0.105. The van der Waals surface area contributed by atoms with Crippen LogP contribution in [0.25, 0.3) is 0 Å². The molecule has 0 aliphatic heterocycles. The van der Waals surface area contributed by atoms with Crippen molar-refractivity contribution in [2.75, 3.05) is 0 Å². The molecule has 4 nitrogen and oxygen atoms in total. The fourth-order valence-electron chi connectivity index (χ4n) is 2.50. The number of hydrogen-bond donors (Lipinski definition) is 1. The van der Waals surface area contributed by atoms with Gasteiger partial charge in [0.25, 0.3) is 5.56 Å². The Balaban J connectivity index is 2.03. The molecule has 0 radical (unpaired) electrons. The molecule has 0 aliphatic carbocycles. The number of ketones is 1. The molecule has 0 saturated heterocycles. The van der Waals surface area contributed by atoms with Crippen LogP contribution in [0.3, 0.4) is 0 Å². The Kier molecular flexibility index (Phi) is 4.52. The van der Waals surface area contributed by atoms with Crippen LogP contribution in [0.4, 0.5) is 8.78 Å². The van der Waals surface area contributed by atoms with Crippen LogP contribution in [0, 0.1) is 18.6 Å². The van der Waals surface area contributed by atoms with Crippen molar-refractivity contribution in [3.8, 4) is 0 Å². The molecule has 0 amide bonds. The maximum atomic E-state index is 14.8. The van der Waals surface area contributed by atoms with Gasteiger partial charge in [0, 0.05) is 23.7 Å². The molecule has 3 aromatic rings. The Labute approximate surface area is 142 Å². The number of nitrogens with zero attached hydrogens (tertiary/aromatic N) is 1. The molecule has 1 heterocycles. The van der Waals surface area contributed by atoms with E-state index in [0.29, 0.717) is 0 Å². The van der Waals surface area contributed by atoms with Crippen molar-refractivity contribution >= 4 is 5.78 Å². The van der Waals surface area contributed by atoms with E-state index in [2.05, 4.69) is 10.2 Å². The van der Waals surface area contributed by atoms with Crippen molar-refractivity contribution in [2.45, 2.75) is 13.3 Å². The number of H-pyrrole nitrogens is 1. The molecule has 0 atom stereocenters. The number of aromatic nitrogens is 2. The Morgan fingerprint density at radius 1 is 1.04 bits per heavy atom. The van der Waals surface area contributed by atoms with Crippen LogP contribution < -0.4 is 5.56 Å². The Morgan fingerprint density at radius 2 is 1.76 bits per heavy atom. The van der Waals surface area contributed by atoms with E-state index in [-0.39, 0.29) is 23.1 Å². The molecule has 25 heavy (non-hydrogen) atoms. The van der Waals surface area contributed by atoms with Crippen LogP contribution in [0.1, 0.15) is 32.6 Å². The molecule has 1 aromatic heterocycles. The maximum Gasteiger partial charge on any atom is 0.267 e. The van der Waals surface area contributed by atoms with Gasteiger partial charge in [0.15, 0.2) is 5.78 Å². The molecule has 0 spiro atoms. The smallest absolute Gasteiger partial charge is 0.267 e. The van der Waals surface area contributed by atoms with Crippen LogP contribution in [0.2, 0.25) is 0 Å². The average Bonchev–Trinajstić information content (AvgIpc) is 2.60. The first-order valence-electron chi connectivity index (χ1n) is 7.58. The minimum Gasteiger partial charge on any atom is -0.288 e. The summed E-state index contributed by atoms with van der Waals surface area (Å²) in [5, 5.41) is 5.82. The lowest BCUT2D eigenvalue weighted by Gasteiger charge is -2.09. The largest absolute Gasteiger partial charge is 0.288 e. The monoisotopic (exact) mass is 340 g/mol. The summed E-state index contributed by atoms with van der Waals surface area (Å²) in [5.41, 5.74) is 0.387. The topological polar surface area (TPSA) is 62.8 Å². The molecule has 126 valence electrons. The number of hydrogen-bond acceptors (Lipinski definition) is 3. The van der Waals surface area contributed by atoms with Crippen molar-refractivity contribution < 1.29 is 13.6 Å². The first kappa shape index (κ1) is 16.7. The molecule has 1 N–H and O–H groups in total. The van der Waals surface area contributed by atoms with Gasteiger partial charge in [-0.05, 0) is 24.6 Å². The molecule has 0 saturated carbocycles. The standard InChI is InChI=1S/C19H14F2N2O2/c1-11-2-4-12(5-3-11)18(24)16-15(20)7-6-13(17(16)21)10-14-8-9-22-23-19(14)25/h2-9H,10H2,1H3,(H,23,25). The second-order valence-corrected chi connectivity index (χ2v) is 5.68. The molecule has 0 fully saturated rings. The van der Waals surface area contributed by atoms with Gasteiger partial charge in [-0.25, -0.2) is 13.9 Å². The number of nitrogens with one attached hydrogen (secondary N) is 1. The second-order valence-electron chi connectivity index (χ2n) is 5.68. The normalized spacial score (nSPS) is 10.7. The summed E-state index contributed by atoms with van der Waals surface area (Å²) in [6, 6.07) is 10.2. The summed E-state index contributed by atoms with van der Waals surface area (Å²) in [6.45, 7) is 1.85. The molecule has 6 heteroatoms. The molecular weight excluding hydrogens is 326 g/mol. The number of aryl methyl sites for hydroxylation is 1. The van der Waals surface area contributed by atoms with E-state index in [1.54, 1.807) is 12.1 Å². The minimum atomic E-state index is -0.957. The molecule has 3 rings (SSSR count). The molecule has 0 unspecified atom stereocenters. The SMILES string of the molecule is Cc1ccc(C(=O)c2c(F)ccc(Cc3ccn[nH]c3=O)c2F)cc1. The zero-order valence-corrected chi connectivity index (χ0v) is 13.3. The minimum absolute atomic E-state index is 0.0635. The lowest BCUT2D eigenvalue weighted by molar-refractivity contribution is 0.103. The first-order valence-corrected chi connectivity index (χ1v) is 7.58. The number of aromatic amines is 1. The van der Waals surface area contributed by atoms with Crippen LogP contribution in [-0.2, 0) is 6.42 Å². The summed E-state index contributed by atoms with van der Waals surface area (Å²) < 4.78 is 28.9. The molecule has 0 bridgehead atoms. The summed E-state index contributed by atoms with van der Waals surface area (Å²) in [6.07, 6.45) is 1.30. The highest BCUT2D eigenvalue weighted by molar-refractivity contribution is 6.09. The lowest BCUT2D eigenvalue weighted by atomic mass is 9.97. The third-order valence-corrected chi connectivity index (χ3v) is 3.90. The predicted molar refractivity (Wildman–Crippen MR) is 88.6 cm³/mol. The van der Waals surface area contributed by atoms with Crippen molar-refractivity contribution in [3.63, 3.8) is 0 Å². The van der Waals surface area contributed by atoms with Crippen LogP contribution >= 0.6 is 0 Å². The van der Waals surface area contributed by atoms with E-state index < -0.39 is 28.5 Å². The first-order chi connectivity index (χ1) is 12.0. The highest BCUT2D eigenvalue weighted by Crippen LogP contribution is 2.22. The lowest BCUT2D eigenvalue weighted by Crippen LogP contribution is -2.15. The maximum absolute atomic E-state index is 14.8. The Morgan fingerprint density at radius 3 is 2.44 bits per heavy atom. The summed E-state index contributed by atoms with van der Waals surface area (Å²) >= 11 is 0. The van der Waals surface area contributed by atoms with E-state index in [9.17, 15) is 18.4 Å². The van der Waals surface area contributed by atoms with Gasteiger partial charge in [0.2, 0.25) is 0 Å². The van der Waals surface area contributed by atoms with Gasteiger partial charge in [-0.3, -0.25) is 9.59 Å². The number of benzene rings is 2. The van der Waals surface area contributed by atoms with Crippen molar-refractivity contribution in [2.24, 2.45) is 0 Å². The zero-order valence-electron chi connectivity index (χ0n) is 13.3. The summed E-state index contributed by atoms with van der Waals surface area (Å²) in [5.74, 6) is -2.63. The quantitative estimate of drug-likeness (QED) is 0.742. The van der Waals surface area contributed by atoms with Gasteiger partial charge in [-0.15, -0.1) is 0 Å². The van der Waals surface area contributed by atoms with Gasteiger partial charge in [-0.2, -0.15) is 5.10 Å².